The zero-order chi connectivity index (χ0) is 12.8. The summed E-state index contributed by atoms with van der Waals surface area (Å²) in [7, 11) is 0. The van der Waals surface area contributed by atoms with Crippen LogP contribution in [0.1, 0.15) is 38.5 Å². The standard InChI is InChI=1S/C14H26N2O2/c17-14(18)12-13-4-8-16(9-5-13)11-10-15-6-2-1-3-7-15/h13H,1-12H2,(H,17,18). The van der Waals surface area contributed by atoms with Crippen LogP contribution in [-0.2, 0) is 4.79 Å². The number of hydrogen-bond acceptors (Lipinski definition) is 3. The van der Waals surface area contributed by atoms with Crippen LogP contribution in [-0.4, -0.2) is 60.1 Å². The van der Waals surface area contributed by atoms with Crippen LogP contribution in [0.25, 0.3) is 0 Å². The smallest absolute Gasteiger partial charge is 0.303 e. The van der Waals surface area contributed by atoms with Crippen molar-refractivity contribution in [1.82, 2.24) is 9.80 Å². The summed E-state index contributed by atoms with van der Waals surface area (Å²) in [6, 6.07) is 0. The number of hydrogen-bond donors (Lipinski definition) is 1. The molecule has 0 atom stereocenters. The third-order valence-electron chi connectivity index (χ3n) is 4.35. The van der Waals surface area contributed by atoms with E-state index in [1.165, 1.54) is 45.4 Å². The lowest BCUT2D eigenvalue weighted by atomic mass is 9.94. The minimum Gasteiger partial charge on any atom is -0.481 e. The number of carboxylic acids is 1. The normalized spacial score (nSPS) is 24.2. The van der Waals surface area contributed by atoms with Gasteiger partial charge in [-0.3, -0.25) is 4.79 Å². The number of rotatable bonds is 5. The first kappa shape index (κ1) is 13.8. The maximum absolute atomic E-state index is 10.7. The lowest BCUT2D eigenvalue weighted by Crippen LogP contribution is -2.41. The molecule has 0 radical (unpaired) electrons. The van der Waals surface area contributed by atoms with Crippen molar-refractivity contribution < 1.29 is 9.90 Å². The first-order valence-electron chi connectivity index (χ1n) is 7.40. The number of carbonyl (C=O) groups is 1. The number of likely N-dealkylation sites (tertiary alicyclic amines) is 2. The van der Waals surface area contributed by atoms with Crippen LogP contribution in [0.2, 0.25) is 0 Å². The molecule has 104 valence electrons. The van der Waals surface area contributed by atoms with Gasteiger partial charge in [-0.2, -0.15) is 0 Å². The molecule has 0 spiro atoms. The molecule has 0 amide bonds. The van der Waals surface area contributed by atoms with Gasteiger partial charge in [0, 0.05) is 19.5 Å². The number of nitrogens with zero attached hydrogens (tertiary/aromatic N) is 2. The van der Waals surface area contributed by atoms with Gasteiger partial charge in [0.1, 0.15) is 0 Å². The van der Waals surface area contributed by atoms with Gasteiger partial charge >= 0.3 is 5.97 Å². The van der Waals surface area contributed by atoms with Crippen LogP contribution in [0.5, 0.6) is 0 Å². The molecule has 0 aliphatic carbocycles. The molecule has 1 N–H and O–H groups in total. The van der Waals surface area contributed by atoms with E-state index in [9.17, 15) is 4.79 Å². The van der Waals surface area contributed by atoms with Crippen molar-refractivity contribution >= 4 is 5.97 Å². The monoisotopic (exact) mass is 254 g/mol. The van der Waals surface area contributed by atoms with Crippen molar-refractivity contribution in [3.05, 3.63) is 0 Å². The largest absolute Gasteiger partial charge is 0.481 e. The average Bonchev–Trinajstić information content (AvgIpc) is 2.38. The topological polar surface area (TPSA) is 43.8 Å². The molecule has 0 bridgehead atoms. The lowest BCUT2D eigenvalue weighted by Gasteiger charge is -2.34. The zero-order valence-electron chi connectivity index (χ0n) is 11.3. The van der Waals surface area contributed by atoms with E-state index in [0.29, 0.717) is 12.3 Å². The van der Waals surface area contributed by atoms with E-state index < -0.39 is 5.97 Å². The maximum Gasteiger partial charge on any atom is 0.303 e. The summed E-state index contributed by atoms with van der Waals surface area (Å²) >= 11 is 0. The molecule has 2 rings (SSSR count). The summed E-state index contributed by atoms with van der Waals surface area (Å²) in [4.78, 5) is 15.7. The molecular weight excluding hydrogens is 228 g/mol. The highest BCUT2D eigenvalue weighted by molar-refractivity contribution is 5.67. The Balaban J connectivity index is 1.59. The Bertz CT molecular complexity index is 257. The van der Waals surface area contributed by atoms with E-state index in [-0.39, 0.29) is 0 Å². The van der Waals surface area contributed by atoms with E-state index in [1.54, 1.807) is 0 Å². The fourth-order valence-electron chi connectivity index (χ4n) is 3.13. The third kappa shape index (κ3) is 4.58. The molecule has 2 aliphatic rings. The van der Waals surface area contributed by atoms with Crippen molar-refractivity contribution in [3.8, 4) is 0 Å². The Morgan fingerprint density at radius 2 is 1.50 bits per heavy atom. The minimum absolute atomic E-state index is 0.361. The summed E-state index contributed by atoms with van der Waals surface area (Å²) in [5, 5.41) is 8.78. The zero-order valence-corrected chi connectivity index (χ0v) is 11.3. The van der Waals surface area contributed by atoms with Crippen molar-refractivity contribution in [2.75, 3.05) is 39.3 Å². The molecule has 0 aromatic heterocycles. The fraction of sp³-hybridized carbons (Fsp3) is 0.929. The highest BCUT2D eigenvalue weighted by Crippen LogP contribution is 2.20. The molecular formula is C14H26N2O2. The second kappa shape index (κ2) is 7.10. The van der Waals surface area contributed by atoms with Crippen molar-refractivity contribution in [2.24, 2.45) is 5.92 Å². The van der Waals surface area contributed by atoms with E-state index in [2.05, 4.69) is 9.80 Å². The number of aliphatic carboxylic acids is 1. The Labute approximate surface area is 110 Å². The predicted molar refractivity (Wildman–Crippen MR) is 71.7 cm³/mol. The Morgan fingerprint density at radius 3 is 2.06 bits per heavy atom. The third-order valence-corrected chi connectivity index (χ3v) is 4.35. The predicted octanol–water partition coefficient (Wildman–Crippen LogP) is 1.66. The molecule has 18 heavy (non-hydrogen) atoms. The van der Waals surface area contributed by atoms with Gasteiger partial charge in [-0.1, -0.05) is 6.42 Å². The van der Waals surface area contributed by atoms with Crippen LogP contribution in [0, 0.1) is 5.92 Å². The molecule has 0 aromatic carbocycles. The second-order valence-corrected chi connectivity index (χ2v) is 5.79. The van der Waals surface area contributed by atoms with Crippen molar-refractivity contribution in [3.63, 3.8) is 0 Å². The van der Waals surface area contributed by atoms with Crippen LogP contribution >= 0.6 is 0 Å². The van der Waals surface area contributed by atoms with Gasteiger partial charge in [-0.25, -0.2) is 0 Å². The quantitative estimate of drug-likeness (QED) is 0.810. The molecule has 2 aliphatic heterocycles. The molecule has 2 fully saturated rings. The minimum atomic E-state index is -0.637. The van der Waals surface area contributed by atoms with Gasteiger partial charge in [0.15, 0.2) is 0 Å². The van der Waals surface area contributed by atoms with Gasteiger partial charge in [0.05, 0.1) is 0 Å². The summed E-state index contributed by atoms with van der Waals surface area (Å²) in [5.41, 5.74) is 0. The lowest BCUT2D eigenvalue weighted by molar-refractivity contribution is -0.138. The van der Waals surface area contributed by atoms with Gasteiger partial charge in [0.2, 0.25) is 0 Å². The van der Waals surface area contributed by atoms with Crippen LogP contribution in [0.3, 0.4) is 0 Å². The van der Waals surface area contributed by atoms with E-state index in [1.807, 2.05) is 0 Å². The first-order chi connectivity index (χ1) is 8.74. The molecule has 2 saturated heterocycles. The highest BCUT2D eigenvalue weighted by atomic mass is 16.4. The van der Waals surface area contributed by atoms with Gasteiger partial charge in [-0.05, 0) is 57.8 Å². The van der Waals surface area contributed by atoms with Crippen molar-refractivity contribution in [1.29, 1.82) is 0 Å². The van der Waals surface area contributed by atoms with Gasteiger partial charge in [-0.15, -0.1) is 0 Å². The van der Waals surface area contributed by atoms with Gasteiger partial charge in [0.25, 0.3) is 0 Å². The summed E-state index contributed by atoms with van der Waals surface area (Å²) in [6.07, 6.45) is 6.61. The molecule has 4 nitrogen and oxygen atoms in total. The summed E-state index contributed by atoms with van der Waals surface area (Å²) in [6.45, 7) is 7.09. The summed E-state index contributed by atoms with van der Waals surface area (Å²) < 4.78 is 0. The first-order valence-corrected chi connectivity index (χ1v) is 7.40. The van der Waals surface area contributed by atoms with E-state index >= 15 is 0 Å². The van der Waals surface area contributed by atoms with E-state index in [0.717, 1.165) is 25.9 Å². The molecule has 2 heterocycles. The van der Waals surface area contributed by atoms with Gasteiger partial charge < -0.3 is 14.9 Å². The van der Waals surface area contributed by atoms with Crippen molar-refractivity contribution in [2.45, 2.75) is 38.5 Å². The second-order valence-electron chi connectivity index (χ2n) is 5.79. The average molecular weight is 254 g/mol. The molecule has 4 heteroatoms. The van der Waals surface area contributed by atoms with Crippen LogP contribution in [0.15, 0.2) is 0 Å². The SMILES string of the molecule is O=C(O)CC1CCN(CCN2CCCCC2)CC1. The molecule has 0 aromatic rings. The molecule has 0 unspecified atom stereocenters. The summed E-state index contributed by atoms with van der Waals surface area (Å²) in [5.74, 6) is -0.226. The van der Waals surface area contributed by atoms with Crippen LogP contribution < -0.4 is 0 Å². The van der Waals surface area contributed by atoms with Crippen LogP contribution in [0.4, 0.5) is 0 Å². The maximum atomic E-state index is 10.7. The highest BCUT2D eigenvalue weighted by Gasteiger charge is 2.21. The number of carboxylic acid groups (broad SMARTS) is 1. The fourth-order valence-corrected chi connectivity index (χ4v) is 3.13. The number of piperidine rings is 2. The van der Waals surface area contributed by atoms with E-state index in [4.69, 9.17) is 5.11 Å². The molecule has 0 saturated carbocycles. The Hall–Kier alpha value is -0.610. The Morgan fingerprint density at radius 1 is 0.944 bits per heavy atom. The Kier molecular flexibility index (Phi) is 5.45.